The molecule has 1 aliphatic rings. The van der Waals surface area contributed by atoms with E-state index in [0.717, 1.165) is 24.5 Å². The quantitative estimate of drug-likeness (QED) is 0.662. The highest BCUT2D eigenvalue weighted by Gasteiger charge is 2.19. The Morgan fingerprint density at radius 2 is 2.10 bits per heavy atom. The largest absolute Gasteiger partial charge is 0.381 e. The Bertz CT molecular complexity index is 638. The van der Waals surface area contributed by atoms with Crippen molar-refractivity contribution in [3.63, 3.8) is 0 Å². The predicted molar refractivity (Wildman–Crippen MR) is 79.1 cm³/mol. The van der Waals surface area contributed by atoms with Gasteiger partial charge in [-0.2, -0.15) is 0 Å². The van der Waals surface area contributed by atoms with Crippen molar-refractivity contribution in [2.24, 2.45) is 0 Å². The predicted octanol–water partition coefficient (Wildman–Crippen LogP) is 1.81. The second-order valence-electron chi connectivity index (χ2n) is 5.23. The number of hydrogen-bond donors (Lipinski definition) is 2. The van der Waals surface area contributed by atoms with Gasteiger partial charge in [-0.15, -0.1) is 0 Å². The van der Waals surface area contributed by atoms with Crippen LogP contribution in [0.1, 0.15) is 35.1 Å². The number of hydrogen-bond acceptors (Lipinski definition) is 5. The Labute approximate surface area is 123 Å². The summed E-state index contributed by atoms with van der Waals surface area (Å²) in [6.07, 6.45) is 1.65. The zero-order valence-electron chi connectivity index (χ0n) is 11.7. The molecule has 2 aromatic rings. The Morgan fingerprint density at radius 1 is 1.33 bits per heavy atom. The van der Waals surface area contributed by atoms with Crippen molar-refractivity contribution < 1.29 is 14.6 Å². The van der Waals surface area contributed by atoms with Gasteiger partial charge < -0.3 is 9.84 Å². The molecule has 0 aliphatic carbocycles. The summed E-state index contributed by atoms with van der Waals surface area (Å²) in [6.45, 7) is 1.41. The first-order valence-electron chi connectivity index (χ1n) is 7.14. The molecule has 0 saturated carbocycles. The van der Waals surface area contributed by atoms with E-state index < -0.39 is 6.23 Å². The van der Waals surface area contributed by atoms with Gasteiger partial charge in [0.2, 0.25) is 0 Å². The van der Waals surface area contributed by atoms with Crippen LogP contribution in [0.5, 0.6) is 0 Å². The van der Waals surface area contributed by atoms with Crippen LogP contribution in [0.4, 0.5) is 0 Å². The maximum Gasteiger partial charge on any atom is 0.150 e. The maximum absolute atomic E-state index is 11.2. The molecule has 1 atom stereocenters. The number of aldehydes is 1. The summed E-state index contributed by atoms with van der Waals surface area (Å²) in [7, 11) is 0. The minimum absolute atomic E-state index is 0.210. The molecule has 0 radical (unpaired) electrons. The molecule has 0 spiro atoms. The zero-order valence-corrected chi connectivity index (χ0v) is 11.7. The minimum atomic E-state index is -0.878. The Balaban J connectivity index is 1.86. The fraction of sp³-hybridized carbons (Fsp3) is 0.375. The van der Waals surface area contributed by atoms with E-state index in [9.17, 15) is 9.90 Å². The first kappa shape index (κ1) is 14.1. The molecule has 110 valence electrons. The molecule has 1 aliphatic heterocycles. The minimum Gasteiger partial charge on any atom is -0.381 e. The molecule has 2 N–H and O–H groups in total. The van der Waals surface area contributed by atoms with Crippen LogP contribution in [0, 0.1) is 0 Å². The second-order valence-corrected chi connectivity index (χ2v) is 5.23. The molecule has 2 heterocycles. The number of fused-ring (bicyclic) bond motifs is 1. The van der Waals surface area contributed by atoms with Crippen LogP contribution in [-0.4, -0.2) is 35.6 Å². The molecule has 1 aromatic carbocycles. The molecule has 1 unspecified atom stereocenters. The first-order chi connectivity index (χ1) is 10.3. The number of benzene rings is 1. The van der Waals surface area contributed by atoms with E-state index in [4.69, 9.17) is 4.74 Å². The summed E-state index contributed by atoms with van der Waals surface area (Å²) in [5.74, 6) is 0. The highest BCUT2D eigenvalue weighted by Crippen LogP contribution is 2.20. The van der Waals surface area contributed by atoms with Crippen LogP contribution in [0.15, 0.2) is 30.3 Å². The van der Waals surface area contributed by atoms with E-state index in [-0.39, 0.29) is 6.04 Å². The van der Waals surface area contributed by atoms with Crippen molar-refractivity contribution in [1.82, 2.24) is 10.3 Å². The molecule has 1 aromatic heterocycles. The lowest BCUT2D eigenvalue weighted by atomic mass is 10.1. The van der Waals surface area contributed by atoms with Gasteiger partial charge in [0.05, 0.1) is 11.2 Å². The van der Waals surface area contributed by atoms with Gasteiger partial charge in [-0.1, -0.05) is 18.2 Å². The lowest BCUT2D eigenvalue weighted by molar-refractivity contribution is 0.0479. The van der Waals surface area contributed by atoms with E-state index in [1.54, 1.807) is 6.07 Å². The van der Waals surface area contributed by atoms with E-state index in [0.29, 0.717) is 30.0 Å². The molecular formula is C16H18N2O3. The standard InChI is InChI=1S/C16H18N2O3/c19-10-11-9-15(18-14-4-2-1-3-13(11)14)16(20)17-12-5-7-21-8-6-12/h1-4,9-10,12,16-17,20H,5-8H2. The number of ether oxygens (including phenoxy) is 1. The zero-order chi connectivity index (χ0) is 14.7. The third-order valence-corrected chi connectivity index (χ3v) is 3.79. The topological polar surface area (TPSA) is 71.5 Å². The third-order valence-electron chi connectivity index (χ3n) is 3.79. The van der Waals surface area contributed by atoms with Crippen molar-refractivity contribution in [2.75, 3.05) is 13.2 Å². The lowest BCUT2D eigenvalue weighted by Gasteiger charge is -2.26. The average molecular weight is 286 g/mol. The average Bonchev–Trinajstić information content (AvgIpc) is 2.54. The summed E-state index contributed by atoms with van der Waals surface area (Å²) < 4.78 is 5.30. The van der Waals surface area contributed by atoms with Crippen LogP contribution in [0.2, 0.25) is 0 Å². The fourth-order valence-corrected chi connectivity index (χ4v) is 2.63. The number of aliphatic hydroxyl groups excluding tert-OH is 1. The van der Waals surface area contributed by atoms with Gasteiger partial charge in [-0.25, -0.2) is 4.98 Å². The Morgan fingerprint density at radius 3 is 2.86 bits per heavy atom. The normalized spacial score (nSPS) is 17.8. The van der Waals surface area contributed by atoms with Gasteiger partial charge >= 0.3 is 0 Å². The van der Waals surface area contributed by atoms with Gasteiger partial charge in [-0.05, 0) is 25.0 Å². The molecule has 3 rings (SSSR count). The summed E-state index contributed by atoms with van der Waals surface area (Å²) >= 11 is 0. The van der Waals surface area contributed by atoms with Gasteiger partial charge in [-0.3, -0.25) is 10.1 Å². The van der Waals surface area contributed by atoms with Crippen molar-refractivity contribution >= 4 is 17.2 Å². The number of nitrogens with zero attached hydrogens (tertiary/aromatic N) is 1. The summed E-state index contributed by atoms with van der Waals surface area (Å²) in [5.41, 5.74) is 1.73. The summed E-state index contributed by atoms with van der Waals surface area (Å²) in [5, 5.41) is 14.3. The molecule has 5 nitrogen and oxygen atoms in total. The first-order valence-corrected chi connectivity index (χ1v) is 7.14. The Hall–Kier alpha value is -1.82. The van der Waals surface area contributed by atoms with Crippen molar-refractivity contribution in [3.8, 4) is 0 Å². The second kappa shape index (κ2) is 6.30. The SMILES string of the molecule is O=Cc1cc(C(O)NC2CCOCC2)nc2ccccc12. The molecule has 0 bridgehead atoms. The molecule has 21 heavy (non-hydrogen) atoms. The number of aliphatic hydroxyl groups is 1. The van der Waals surface area contributed by atoms with Crippen LogP contribution in [0.25, 0.3) is 10.9 Å². The molecule has 1 fully saturated rings. The van der Waals surface area contributed by atoms with E-state index in [1.807, 2.05) is 24.3 Å². The van der Waals surface area contributed by atoms with E-state index >= 15 is 0 Å². The number of carbonyl (C=O) groups excluding carboxylic acids is 1. The molecule has 0 amide bonds. The lowest BCUT2D eigenvalue weighted by Crippen LogP contribution is -2.37. The van der Waals surface area contributed by atoms with Crippen LogP contribution in [0.3, 0.4) is 0 Å². The van der Waals surface area contributed by atoms with Crippen LogP contribution in [-0.2, 0) is 4.74 Å². The molecule has 1 saturated heterocycles. The number of para-hydroxylation sites is 1. The van der Waals surface area contributed by atoms with Crippen LogP contribution < -0.4 is 5.32 Å². The highest BCUT2D eigenvalue weighted by molar-refractivity contribution is 5.96. The molecule has 5 heteroatoms. The van der Waals surface area contributed by atoms with Gasteiger partial charge in [0, 0.05) is 30.2 Å². The monoisotopic (exact) mass is 286 g/mol. The van der Waals surface area contributed by atoms with Crippen molar-refractivity contribution in [2.45, 2.75) is 25.1 Å². The number of rotatable bonds is 4. The van der Waals surface area contributed by atoms with Gasteiger partial charge in [0.25, 0.3) is 0 Å². The Kier molecular flexibility index (Phi) is 4.24. The number of pyridine rings is 1. The number of aromatic nitrogens is 1. The number of carbonyl (C=O) groups is 1. The maximum atomic E-state index is 11.2. The van der Waals surface area contributed by atoms with Gasteiger partial charge in [0.1, 0.15) is 6.23 Å². The van der Waals surface area contributed by atoms with Crippen molar-refractivity contribution in [1.29, 1.82) is 0 Å². The summed E-state index contributed by atoms with van der Waals surface area (Å²) in [4.78, 5) is 15.7. The molecular weight excluding hydrogens is 268 g/mol. The van der Waals surface area contributed by atoms with Crippen LogP contribution >= 0.6 is 0 Å². The van der Waals surface area contributed by atoms with Gasteiger partial charge in [0.15, 0.2) is 6.29 Å². The number of nitrogens with one attached hydrogen (secondary N) is 1. The smallest absolute Gasteiger partial charge is 0.150 e. The van der Waals surface area contributed by atoms with E-state index in [2.05, 4.69) is 10.3 Å². The van der Waals surface area contributed by atoms with E-state index in [1.165, 1.54) is 0 Å². The third kappa shape index (κ3) is 3.10. The fourth-order valence-electron chi connectivity index (χ4n) is 2.63. The highest BCUT2D eigenvalue weighted by atomic mass is 16.5. The summed E-state index contributed by atoms with van der Waals surface area (Å²) in [6, 6.07) is 9.29. The van der Waals surface area contributed by atoms with Crippen molar-refractivity contribution in [3.05, 3.63) is 41.6 Å².